The smallest absolute Gasteiger partial charge is 0.404 e. The van der Waals surface area contributed by atoms with Gasteiger partial charge in [-0.2, -0.15) is 4.31 Å². The minimum absolute atomic E-state index is 0.177. The molecule has 0 atom stereocenters. The van der Waals surface area contributed by atoms with Crippen LogP contribution in [0, 0.1) is 6.92 Å². The second kappa shape index (κ2) is 7.40. The van der Waals surface area contributed by atoms with Gasteiger partial charge in [-0.1, -0.05) is 24.3 Å². The molecule has 1 fully saturated rings. The number of ether oxygens (including phenoxy) is 1. The van der Waals surface area contributed by atoms with E-state index in [2.05, 4.69) is 9.64 Å². The summed E-state index contributed by atoms with van der Waals surface area (Å²) in [5, 5.41) is 0. The lowest BCUT2D eigenvalue weighted by molar-refractivity contribution is -0.275. The molecular weight excluding hydrogens is 381 g/mol. The van der Waals surface area contributed by atoms with Gasteiger partial charge in [0, 0.05) is 31.9 Å². The van der Waals surface area contributed by atoms with Gasteiger partial charge in [0.2, 0.25) is 10.0 Å². The lowest BCUT2D eigenvalue weighted by Crippen LogP contribution is -2.48. The Labute approximate surface area is 156 Å². The summed E-state index contributed by atoms with van der Waals surface area (Å²) in [6.45, 7) is 3.23. The molecule has 27 heavy (non-hydrogen) atoms. The van der Waals surface area contributed by atoms with Crippen molar-refractivity contribution in [2.24, 2.45) is 0 Å². The normalized spacial score (nSPS) is 16.4. The molecule has 0 N–H and O–H groups in total. The predicted molar refractivity (Wildman–Crippen MR) is 95.3 cm³/mol. The number of rotatable bonds is 4. The fraction of sp³-hybridized carbons (Fsp3) is 0.333. The van der Waals surface area contributed by atoms with Gasteiger partial charge in [-0.15, -0.1) is 13.2 Å². The molecule has 0 unspecified atom stereocenters. The van der Waals surface area contributed by atoms with Gasteiger partial charge >= 0.3 is 6.36 Å². The van der Waals surface area contributed by atoms with Gasteiger partial charge in [-0.3, -0.25) is 0 Å². The molecule has 1 aliphatic heterocycles. The molecule has 0 bridgehead atoms. The first-order valence-corrected chi connectivity index (χ1v) is 9.77. The quantitative estimate of drug-likeness (QED) is 0.789. The topological polar surface area (TPSA) is 49.9 Å². The zero-order valence-electron chi connectivity index (χ0n) is 14.6. The van der Waals surface area contributed by atoms with Crippen molar-refractivity contribution in [2.45, 2.75) is 18.2 Å². The van der Waals surface area contributed by atoms with Crippen LogP contribution in [0.25, 0.3) is 0 Å². The Morgan fingerprint density at radius 2 is 1.63 bits per heavy atom. The van der Waals surface area contributed by atoms with E-state index < -0.39 is 27.0 Å². The first kappa shape index (κ1) is 19.5. The molecule has 2 aromatic rings. The van der Waals surface area contributed by atoms with E-state index in [0.29, 0.717) is 13.1 Å². The highest BCUT2D eigenvalue weighted by molar-refractivity contribution is 7.89. The summed E-state index contributed by atoms with van der Waals surface area (Å²) in [5.74, 6) is -0.717. The van der Waals surface area contributed by atoms with E-state index in [1.807, 2.05) is 31.2 Å². The van der Waals surface area contributed by atoms with Gasteiger partial charge in [0.15, 0.2) is 0 Å². The van der Waals surface area contributed by atoms with Crippen LogP contribution < -0.4 is 9.64 Å². The first-order chi connectivity index (χ1) is 12.7. The van der Waals surface area contributed by atoms with Crippen LogP contribution in [-0.4, -0.2) is 45.3 Å². The standard InChI is InChI=1S/C18H19F3N2O3S/c1-14-5-4-6-15(13-14)22-9-11-23(12-10-22)27(24,25)17-8-3-2-7-16(17)26-18(19,20)21/h2-8,13H,9-12H2,1H3. The zero-order chi connectivity index (χ0) is 19.7. The lowest BCUT2D eigenvalue weighted by Gasteiger charge is -2.35. The number of hydrogen-bond acceptors (Lipinski definition) is 4. The Bertz CT molecular complexity index is 908. The summed E-state index contributed by atoms with van der Waals surface area (Å²) < 4.78 is 68.6. The van der Waals surface area contributed by atoms with E-state index >= 15 is 0 Å². The highest BCUT2D eigenvalue weighted by atomic mass is 32.2. The molecule has 1 saturated heterocycles. The van der Waals surface area contributed by atoms with Crippen LogP contribution >= 0.6 is 0 Å². The van der Waals surface area contributed by atoms with Crippen LogP contribution in [0.4, 0.5) is 18.9 Å². The third-order valence-corrected chi connectivity index (χ3v) is 6.24. The zero-order valence-corrected chi connectivity index (χ0v) is 15.4. The average molecular weight is 400 g/mol. The number of benzene rings is 2. The van der Waals surface area contributed by atoms with Gasteiger partial charge in [-0.25, -0.2) is 8.42 Å². The van der Waals surface area contributed by atoms with Gasteiger partial charge in [0.05, 0.1) is 0 Å². The number of piperazine rings is 1. The Balaban J connectivity index is 1.78. The largest absolute Gasteiger partial charge is 0.573 e. The number of nitrogens with zero attached hydrogens (tertiary/aromatic N) is 2. The summed E-state index contributed by atoms with van der Waals surface area (Å²) in [5.41, 5.74) is 2.09. The molecule has 0 amide bonds. The minimum atomic E-state index is -4.96. The van der Waals surface area contributed by atoms with Crippen LogP contribution in [0.15, 0.2) is 53.4 Å². The van der Waals surface area contributed by atoms with E-state index in [9.17, 15) is 21.6 Å². The summed E-state index contributed by atoms with van der Waals surface area (Å²) in [6, 6.07) is 12.7. The van der Waals surface area contributed by atoms with Crippen molar-refractivity contribution in [3.05, 3.63) is 54.1 Å². The summed E-state index contributed by atoms with van der Waals surface area (Å²) in [6.07, 6.45) is -4.96. The fourth-order valence-electron chi connectivity index (χ4n) is 3.02. The summed E-state index contributed by atoms with van der Waals surface area (Å²) in [4.78, 5) is 1.57. The number of hydrogen-bond donors (Lipinski definition) is 0. The molecule has 3 rings (SSSR count). The maximum Gasteiger partial charge on any atom is 0.573 e. The van der Waals surface area contributed by atoms with Crippen molar-refractivity contribution in [3.8, 4) is 5.75 Å². The van der Waals surface area contributed by atoms with Crippen molar-refractivity contribution in [2.75, 3.05) is 31.1 Å². The maximum absolute atomic E-state index is 12.9. The van der Waals surface area contributed by atoms with Crippen LogP contribution in [0.1, 0.15) is 5.56 Å². The maximum atomic E-state index is 12.9. The molecule has 0 spiro atoms. The van der Waals surface area contributed by atoms with E-state index in [-0.39, 0.29) is 13.1 Å². The molecule has 0 radical (unpaired) electrons. The summed E-state index contributed by atoms with van der Waals surface area (Å²) in [7, 11) is -4.10. The predicted octanol–water partition coefficient (Wildman–Crippen LogP) is 3.40. The monoisotopic (exact) mass is 400 g/mol. The molecule has 146 valence electrons. The van der Waals surface area contributed by atoms with Crippen LogP contribution in [0.3, 0.4) is 0 Å². The van der Waals surface area contributed by atoms with Crippen molar-refractivity contribution >= 4 is 15.7 Å². The molecule has 1 aliphatic rings. The molecule has 5 nitrogen and oxygen atoms in total. The molecule has 9 heteroatoms. The Morgan fingerprint density at radius 3 is 2.26 bits per heavy atom. The number of sulfonamides is 1. The lowest BCUT2D eigenvalue weighted by atomic mass is 10.2. The van der Waals surface area contributed by atoms with E-state index in [1.54, 1.807) is 0 Å². The molecule has 0 saturated carbocycles. The number of anilines is 1. The fourth-order valence-corrected chi connectivity index (χ4v) is 4.56. The first-order valence-electron chi connectivity index (χ1n) is 8.33. The van der Waals surface area contributed by atoms with Crippen molar-refractivity contribution in [1.29, 1.82) is 0 Å². The summed E-state index contributed by atoms with van der Waals surface area (Å²) >= 11 is 0. The Hall–Kier alpha value is -2.26. The van der Waals surface area contributed by atoms with Crippen LogP contribution in [0.5, 0.6) is 5.75 Å². The van der Waals surface area contributed by atoms with Crippen molar-refractivity contribution in [1.82, 2.24) is 4.31 Å². The Kier molecular flexibility index (Phi) is 5.34. The average Bonchev–Trinajstić information content (AvgIpc) is 2.61. The minimum Gasteiger partial charge on any atom is -0.404 e. The molecular formula is C18H19F3N2O3S. The van der Waals surface area contributed by atoms with E-state index in [4.69, 9.17) is 0 Å². The van der Waals surface area contributed by atoms with Crippen molar-refractivity contribution < 1.29 is 26.3 Å². The van der Waals surface area contributed by atoms with E-state index in [1.165, 1.54) is 16.4 Å². The van der Waals surface area contributed by atoms with Crippen LogP contribution in [-0.2, 0) is 10.0 Å². The second-order valence-electron chi connectivity index (χ2n) is 6.22. The second-order valence-corrected chi connectivity index (χ2v) is 8.13. The number of alkyl halides is 3. The molecule has 0 aliphatic carbocycles. The Morgan fingerprint density at radius 1 is 0.963 bits per heavy atom. The van der Waals surface area contributed by atoms with Gasteiger partial charge < -0.3 is 9.64 Å². The SMILES string of the molecule is Cc1cccc(N2CCN(S(=O)(=O)c3ccccc3OC(F)(F)F)CC2)c1. The molecule has 0 aromatic heterocycles. The molecule has 2 aromatic carbocycles. The third-order valence-electron chi connectivity index (χ3n) is 4.30. The third kappa shape index (κ3) is 4.54. The van der Waals surface area contributed by atoms with Crippen molar-refractivity contribution in [3.63, 3.8) is 0 Å². The van der Waals surface area contributed by atoms with Gasteiger partial charge in [0.1, 0.15) is 10.6 Å². The van der Waals surface area contributed by atoms with Crippen LogP contribution in [0.2, 0.25) is 0 Å². The number of halogens is 3. The number of para-hydroxylation sites is 1. The van der Waals surface area contributed by atoms with E-state index in [0.717, 1.165) is 23.4 Å². The number of aryl methyl sites for hydroxylation is 1. The van der Waals surface area contributed by atoms with Gasteiger partial charge in [0.25, 0.3) is 0 Å². The van der Waals surface area contributed by atoms with Gasteiger partial charge in [-0.05, 0) is 36.8 Å². The highest BCUT2D eigenvalue weighted by Crippen LogP contribution is 2.32. The highest BCUT2D eigenvalue weighted by Gasteiger charge is 2.36. The molecule has 1 heterocycles.